The fraction of sp³-hybridized carbons (Fsp3) is 0.381. The lowest BCUT2D eigenvalue weighted by Gasteiger charge is -2.08. The number of hydrogen-bond donors (Lipinski definition) is 1. The zero-order chi connectivity index (χ0) is 17.4. The predicted octanol–water partition coefficient (Wildman–Crippen LogP) is 5.29. The van der Waals surface area contributed by atoms with Gasteiger partial charge in [-0.05, 0) is 49.5 Å². The number of imidazole rings is 1. The first-order valence-corrected chi connectivity index (χ1v) is 9.04. The number of aromatic nitrogens is 2. The van der Waals surface area contributed by atoms with Crippen LogP contribution in [0.25, 0.3) is 11.2 Å². The summed E-state index contributed by atoms with van der Waals surface area (Å²) in [4.78, 5) is 4.74. The number of aryl methyl sites for hydroxylation is 1. The van der Waals surface area contributed by atoms with Gasteiger partial charge in [-0.25, -0.2) is 4.98 Å². The van der Waals surface area contributed by atoms with Crippen LogP contribution in [-0.2, 0) is 0 Å². The summed E-state index contributed by atoms with van der Waals surface area (Å²) in [6, 6.07) is 4.17. The molecule has 128 valence electrons. The fourth-order valence-electron chi connectivity index (χ4n) is 2.63. The van der Waals surface area contributed by atoms with E-state index in [9.17, 15) is 0 Å². The summed E-state index contributed by atoms with van der Waals surface area (Å²) in [6.07, 6.45) is 16.4. The Labute approximate surface area is 145 Å². The van der Waals surface area contributed by atoms with Gasteiger partial charge in [0.1, 0.15) is 5.65 Å². The van der Waals surface area contributed by atoms with Crippen LogP contribution in [0.15, 0.2) is 54.5 Å². The smallest absolute Gasteiger partial charge is 0.137 e. The fourth-order valence-corrected chi connectivity index (χ4v) is 2.63. The van der Waals surface area contributed by atoms with E-state index in [1.807, 2.05) is 13.8 Å². The standard InChI is InChI=1S/C19H23N3.C2H6/c1-3-12-20-17-7-5-4-6-16(9-10-17)18-14-22-13-15(2)8-11-19(22)21-18;1-2/h6-11,13-14,20H,3-5,12H2,1-2H3;1-2H3/b10-9?,16-6?,17-7+;. The van der Waals surface area contributed by atoms with E-state index in [-0.39, 0.29) is 0 Å². The molecule has 0 spiro atoms. The minimum atomic E-state index is 0.997. The minimum absolute atomic E-state index is 0.997. The lowest BCUT2D eigenvalue weighted by molar-refractivity contribution is 0.778. The summed E-state index contributed by atoms with van der Waals surface area (Å²) in [6.45, 7) is 9.30. The van der Waals surface area contributed by atoms with Crippen molar-refractivity contribution in [3.8, 4) is 0 Å². The number of hydrogen-bond acceptors (Lipinski definition) is 2. The second-order valence-electron chi connectivity index (χ2n) is 5.75. The maximum atomic E-state index is 4.74. The Morgan fingerprint density at radius 1 is 1.08 bits per heavy atom. The Bertz CT molecular complexity index is 748. The molecule has 0 fully saturated rings. The number of nitrogens with zero attached hydrogens (tertiary/aromatic N) is 2. The van der Waals surface area contributed by atoms with Crippen molar-refractivity contribution in [3.05, 3.63) is 65.8 Å². The largest absolute Gasteiger partial charge is 0.385 e. The molecule has 0 aliphatic heterocycles. The van der Waals surface area contributed by atoms with Crippen molar-refractivity contribution in [3.63, 3.8) is 0 Å². The molecule has 0 saturated heterocycles. The molecule has 3 heteroatoms. The molecular weight excluding hydrogens is 294 g/mol. The van der Waals surface area contributed by atoms with Gasteiger partial charge >= 0.3 is 0 Å². The number of fused-ring (bicyclic) bond motifs is 1. The Kier molecular flexibility index (Phi) is 6.86. The van der Waals surface area contributed by atoms with Crippen LogP contribution in [0.3, 0.4) is 0 Å². The van der Waals surface area contributed by atoms with Gasteiger partial charge in [-0.3, -0.25) is 0 Å². The lowest BCUT2D eigenvalue weighted by atomic mass is 10.1. The van der Waals surface area contributed by atoms with Gasteiger partial charge in [-0.1, -0.05) is 45.1 Å². The van der Waals surface area contributed by atoms with Gasteiger partial charge in [0.05, 0.1) is 5.69 Å². The van der Waals surface area contributed by atoms with Crippen LogP contribution < -0.4 is 5.32 Å². The van der Waals surface area contributed by atoms with Gasteiger partial charge in [-0.2, -0.15) is 0 Å². The molecule has 0 radical (unpaired) electrons. The molecule has 3 rings (SSSR count). The third kappa shape index (κ3) is 4.60. The van der Waals surface area contributed by atoms with Gasteiger partial charge in [-0.15, -0.1) is 0 Å². The van der Waals surface area contributed by atoms with Crippen LogP contribution in [-0.4, -0.2) is 15.9 Å². The molecule has 1 N–H and O–H groups in total. The molecule has 0 saturated carbocycles. The summed E-state index contributed by atoms with van der Waals surface area (Å²) in [5.74, 6) is 0. The molecule has 24 heavy (non-hydrogen) atoms. The number of nitrogens with one attached hydrogen (secondary N) is 1. The molecular formula is C21H29N3. The van der Waals surface area contributed by atoms with Crippen molar-refractivity contribution in [2.45, 2.75) is 47.0 Å². The van der Waals surface area contributed by atoms with E-state index in [0.717, 1.165) is 37.1 Å². The molecule has 2 aromatic rings. The Hall–Kier alpha value is -2.29. The van der Waals surface area contributed by atoms with Crippen LogP contribution in [0.5, 0.6) is 0 Å². The van der Waals surface area contributed by atoms with Gasteiger partial charge < -0.3 is 9.72 Å². The quantitative estimate of drug-likeness (QED) is 0.829. The number of pyridine rings is 1. The molecule has 0 bridgehead atoms. The highest BCUT2D eigenvalue weighted by atomic mass is 15.0. The molecule has 0 amide bonds. The van der Waals surface area contributed by atoms with E-state index in [1.54, 1.807) is 0 Å². The number of allylic oxidation sites excluding steroid dienone is 5. The average molecular weight is 323 g/mol. The van der Waals surface area contributed by atoms with E-state index < -0.39 is 0 Å². The second-order valence-corrected chi connectivity index (χ2v) is 5.75. The normalized spacial score (nSPS) is 16.3. The van der Waals surface area contributed by atoms with Gasteiger partial charge in [0.2, 0.25) is 0 Å². The Morgan fingerprint density at radius 3 is 2.67 bits per heavy atom. The maximum Gasteiger partial charge on any atom is 0.137 e. The Balaban J connectivity index is 0.00000100. The second kappa shape index (κ2) is 9.11. The third-order valence-electron chi connectivity index (χ3n) is 3.81. The monoisotopic (exact) mass is 323 g/mol. The van der Waals surface area contributed by atoms with Crippen LogP contribution >= 0.6 is 0 Å². The highest BCUT2D eigenvalue weighted by Gasteiger charge is 2.06. The Morgan fingerprint density at radius 2 is 1.88 bits per heavy atom. The third-order valence-corrected chi connectivity index (χ3v) is 3.81. The molecule has 2 heterocycles. The average Bonchev–Trinajstić information content (AvgIpc) is 2.99. The van der Waals surface area contributed by atoms with Gasteiger partial charge in [0.25, 0.3) is 0 Å². The van der Waals surface area contributed by atoms with E-state index in [2.05, 4.69) is 72.4 Å². The van der Waals surface area contributed by atoms with E-state index in [1.165, 1.54) is 16.8 Å². The first-order valence-electron chi connectivity index (χ1n) is 9.04. The van der Waals surface area contributed by atoms with Crippen molar-refractivity contribution in [1.82, 2.24) is 14.7 Å². The van der Waals surface area contributed by atoms with E-state index in [4.69, 9.17) is 4.98 Å². The lowest BCUT2D eigenvalue weighted by Crippen LogP contribution is -2.12. The van der Waals surface area contributed by atoms with E-state index >= 15 is 0 Å². The van der Waals surface area contributed by atoms with Gasteiger partial charge in [0, 0.05) is 24.6 Å². The topological polar surface area (TPSA) is 29.3 Å². The number of rotatable bonds is 4. The van der Waals surface area contributed by atoms with Crippen molar-refractivity contribution >= 4 is 11.2 Å². The maximum absolute atomic E-state index is 4.74. The first-order chi connectivity index (χ1) is 11.8. The van der Waals surface area contributed by atoms with Crippen molar-refractivity contribution < 1.29 is 0 Å². The van der Waals surface area contributed by atoms with E-state index in [0.29, 0.717) is 0 Å². The summed E-state index contributed by atoms with van der Waals surface area (Å²) in [7, 11) is 0. The SMILES string of the molecule is CC.CCCN/C1=C/CCC=C(c2cn3cc(C)ccc3n2)C=C1. The zero-order valence-corrected chi connectivity index (χ0v) is 15.3. The van der Waals surface area contributed by atoms with Crippen molar-refractivity contribution in [2.24, 2.45) is 0 Å². The molecule has 0 atom stereocenters. The highest BCUT2D eigenvalue weighted by Crippen LogP contribution is 2.20. The van der Waals surface area contributed by atoms with Crippen LogP contribution in [0, 0.1) is 6.92 Å². The van der Waals surface area contributed by atoms with Crippen LogP contribution in [0.2, 0.25) is 0 Å². The predicted molar refractivity (Wildman–Crippen MR) is 104 cm³/mol. The molecule has 1 aliphatic rings. The minimum Gasteiger partial charge on any atom is -0.385 e. The molecule has 1 aliphatic carbocycles. The summed E-state index contributed by atoms with van der Waals surface area (Å²) < 4.78 is 2.10. The van der Waals surface area contributed by atoms with Crippen molar-refractivity contribution in [1.29, 1.82) is 0 Å². The first kappa shape index (κ1) is 18.1. The molecule has 2 aromatic heterocycles. The highest BCUT2D eigenvalue weighted by molar-refractivity contribution is 5.73. The van der Waals surface area contributed by atoms with Crippen molar-refractivity contribution in [2.75, 3.05) is 6.54 Å². The summed E-state index contributed by atoms with van der Waals surface area (Å²) in [5, 5.41) is 3.47. The molecule has 0 unspecified atom stereocenters. The molecule has 3 nitrogen and oxygen atoms in total. The molecule has 0 aromatic carbocycles. The summed E-state index contributed by atoms with van der Waals surface area (Å²) in [5.41, 5.74) is 5.69. The zero-order valence-electron chi connectivity index (χ0n) is 15.3. The van der Waals surface area contributed by atoms with Crippen LogP contribution in [0.1, 0.15) is 51.3 Å². The summed E-state index contributed by atoms with van der Waals surface area (Å²) >= 11 is 0. The van der Waals surface area contributed by atoms with Gasteiger partial charge in [0.15, 0.2) is 0 Å². The van der Waals surface area contributed by atoms with Crippen LogP contribution in [0.4, 0.5) is 0 Å².